The molecule has 1 aromatic rings. The normalized spacial score (nSPS) is 26.0. The van der Waals surface area contributed by atoms with E-state index in [0.29, 0.717) is 17.1 Å². The van der Waals surface area contributed by atoms with Crippen LogP contribution in [-0.4, -0.2) is 50.0 Å². The molecule has 0 aromatic carbocycles. The molecule has 1 fully saturated rings. The van der Waals surface area contributed by atoms with Crippen LogP contribution >= 0.6 is 11.8 Å². The zero-order chi connectivity index (χ0) is 17.4. The number of aliphatic hydroxyl groups excluding tert-OH is 1. The number of carboxylic acid groups (broad SMARTS) is 1. The topological polar surface area (TPSA) is 106 Å². The van der Waals surface area contributed by atoms with Crippen LogP contribution in [0.1, 0.15) is 19.5 Å². The number of thioether (sulfide) groups is 1. The molecule has 9 heteroatoms. The van der Waals surface area contributed by atoms with Gasteiger partial charge in [-0.3, -0.25) is 4.79 Å². The van der Waals surface area contributed by atoms with Crippen molar-refractivity contribution in [2.24, 2.45) is 11.8 Å². The van der Waals surface area contributed by atoms with E-state index in [4.69, 9.17) is 0 Å². The van der Waals surface area contributed by atoms with Gasteiger partial charge in [-0.2, -0.15) is 10.2 Å². The molecule has 2 aliphatic rings. The Morgan fingerprint density at radius 1 is 1.52 bits per heavy atom. The monoisotopic (exact) mass is 371 g/mol. The van der Waals surface area contributed by atoms with E-state index in [1.54, 1.807) is 19.2 Å². The van der Waals surface area contributed by atoms with E-state index >= 15 is 0 Å². The third kappa shape index (κ3) is 3.64. The van der Waals surface area contributed by atoms with Crippen molar-refractivity contribution < 1.29 is 49.4 Å². The molecule has 128 valence electrons. The van der Waals surface area contributed by atoms with Crippen LogP contribution in [0.5, 0.6) is 0 Å². The van der Waals surface area contributed by atoms with Crippen LogP contribution in [0.3, 0.4) is 0 Å². The molecular formula is C16H18N3NaO4S. The van der Waals surface area contributed by atoms with Gasteiger partial charge in [0.2, 0.25) is 5.91 Å². The van der Waals surface area contributed by atoms with Gasteiger partial charge in [-0.25, -0.2) is 0 Å². The SMILES string of the molecule is C[C@@H](O)[C@H]1C(=O)N2C(C(=O)[O-])=C(SCCc3cccnn3)[C@H](C)[C@H]12.[Na+]. The zero-order valence-corrected chi connectivity index (χ0v) is 17.2. The summed E-state index contributed by atoms with van der Waals surface area (Å²) in [5.41, 5.74) is 0.783. The molecule has 0 spiro atoms. The number of nitrogens with zero attached hydrogens (tertiary/aromatic N) is 3. The first kappa shape index (κ1) is 20.4. The summed E-state index contributed by atoms with van der Waals surface area (Å²) in [6.07, 6.45) is 1.44. The second kappa shape index (κ2) is 8.18. The molecule has 25 heavy (non-hydrogen) atoms. The fraction of sp³-hybridized carbons (Fsp3) is 0.500. The number of rotatable bonds is 6. The molecule has 1 amide bonds. The maximum Gasteiger partial charge on any atom is 1.00 e. The van der Waals surface area contributed by atoms with E-state index in [1.807, 2.05) is 13.0 Å². The van der Waals surface area contributed by atoms with Gasteiger partial charge in [-0.05, 0) is 19.1 Å². The first-order valence-electron chi connectivity index (χ1n) is 7.79. The van der Waals surface area contributed by atoms with Gasteiger partial charge < -0.3 is 19.9 Å². The number of fused-ring (bicyclic) bond motifs is 1. The Morgan fingerprint density at radius 3 is 2.80 bits per heavy atom. The number of aryl methyl sites for hydroxylation is 1. The molecule has 0 radical (unpaired) electrons. The van der Waals surface area contributed by atoms with Crippen LogP contribution in [-0.2, 0) is 16.0 Å². The number of aliphatic hydroxyl groups is 1. The molecule has 7 nitrogen and oxygen atoms in total. The Balaban J connectivity index is 0.00000225. The van der Waals surface area contributed by atoms with Crippen LogP contribution in [0.25, 0.3) is 0 Å². The molecule has 0 unspecified atom stereocenters. The van der Waals surface area contributed by atoms with Crippen LogP contribution in [0, 0.1) is 11.8 Å². The van der Waals surface area contributed by atoms with Gasteiger partial charge in [0.25, 0.3) is 0 Å². The summed E-state index contributed by atoms with van der Waals surface area (Å²) in [6, 6.07) is 3.36. The van der Waals surface area contributed by atoms with Gasteiger partial charge in [0, 0.05) is 29.2 Å². The van der Waals surface area contributed by atoms with E-state index < -0.39 is 18.0 Å². The summed E-state index contributed by atoms with van der Waals surface area (Å²) >= 11 is 1.40. The van der Waals surface area contributed by atoms with Gasteiger partial charge >= 0.3 is 29.6 Å². The Bertz CT molecular complexity index is 698. The minimum atomic E-state index is -1.34. The molecule has 3 heterocycles. The standard InChI is InChI=1S/C16H19N3O4S.Na/c1-8-12-11(9(2)20)15(21)19(12)13(16(22)23)14(8)24-7-5-10-4-3-6-17-18-10;/h3-4,6,8-9,11-12,20H,5,7H2,1-2H3,(H,22,23);/q;+1/p-1/t8-,9-,11-,12-;/m1./s1. The number of carbonyl (C=O) groups excluding carboxylic acids is 2. The zero-order valence-electron chi connectivity index (χ0n) is 14.4. The largest absolute Gasteiger partial charge is 1.00 e. The summed E-state index contributed by atoms with van der Waals surface area (Å²) in [5.74, 6) is -1.74. The first-order chi connectivity index (χ1) is 11.4. The number of carbonyl (C=O) groups is 2. The van der Waals surface area contributed by atoms with Crippen molar-refractivity contribution in [3.63, 3.8) is 0 Å². The number of carboxylic acids is 1. The third-order valence-corrected chi connectivity index (χ3v) is 5.83. The fourth-order valence-electron chi connectivity index (χ4n) is 3.44. The molecule has 4 atom stereocenters. The number of β-lactam (4-membered cyclic amide) rings is 1. The van der Waals surface area contributed by atoms with E-state index in [9.17, 15) is 19.8 Å². The summed E-state index contributed by atoms with van der Waals surface area (Å²) < 4.78 is 0. The van der Waals surface area contributed by atoms with E-state index in [-0.39, 0.29) is 53.1 Å². The Hall–Kier alpha value is -0.930. The number of aromatic nitrogens is 2. The molecule has 2 aliphatic heterocycles. The quantitative estimate of drug-likeness (QED) is 0.410. The summed E-state index contributed by atoms with van der Waals surface area (Å²) in [6.45, 7) is 3.45. The summed E-state index contributed by atoms with van der Waals surface area (Å²) in [4.78, 5) is 25.7. The van der Waals surface area contributed by atoms with Crippen molar-refractivity contribution in [3.05, 3.63) is 34.6 Å². The minimum absolute atomic E-state index is 0. The van der Waals surface area contributed by atoms with Gasteiger partial charge in [-0.15, -0.1) is 11.8 Å². The van der Waals surface area contributed by atoms with Crippen LogP contribution in [0.2, 0.25) is 0 Å². The van der Waals surface area contributed by atoms with Crippen LogP contribution < -0.4 is 34.7 Å². The average Bonchev–Trinajstić information content (AvgIpc) is 2.78. The second-order valence-corrected chi connectivity index (χ2v) is 7.20. The van der Waals surface area contributed by atoms with Gasteiger partial charge in [0.05, 0.1) is 35.4 Å². The number of amides is 1. The number of aliphatic carboxylic acids is 1. The molecule has 1 aromatic heterocycles. The first-order valence-corrected chi connectivity index (χ1v) is 8.78. The molecule has 0 aliphatic carbocycles. The van der Waals surface area contributed by atoms with Crippen LogP contribution in [0.15, 0.2) is 28.9 Å². The Morgan fingerprint density at radius 2 is 2.24 bits per heavy atom. The maximum atomic E-state index is 12.2. The third-order valence-electron chi connectivity index (χ3n) is 4.55. The van der Waals surface area contributed by atoms with Crippen molar-refractivity contribution in [1.29, 1.82) is 0 Å². The Kier molecular flexibility index (Phi) is 6.67. The summed E-state index contributed by atoms with van der Waals surface area (Å²) in [5, 5.41) is 29.1. The van der Waals surface area contributed by atoms with Crippen molar-refractivity contribution >= 4 is 23.6 Å². The fourth-order valence-corrected chi connectivity index (χ4v) is 4.69. The Labute approximate surface area is 172 Å². The molecule has 1 N–H and O–H groups in total. The molecular weight excluding hydrogens is 353 g/mol. The minimum Gasteiger partial charge on any atom is -0.543 e. The smallest absolute Gasteiger partial charge is 0.543 e. The van der Waals surface area contributed by atoms with Crippen molar-refractivity contribution in [2.75, 3.05) is 5.75 Å². The van der Waals surface area contributed by atoms with Crippen LogP contribution in [0.4, 0.5) is 0 Å². The molecule has 0 bridgehead atoms. The van der Waals surface area contributed by atoms with Gasteiger partial charge in [-0.1, -0.05) is 6.92 Å². The van der Waals surface area contributed by atoms with E-state index in [1.165, 1.54) is 16.7 Å². The maximum absolute atomic E-state index is 12.2. The number of hydrogen-bond donors (Lipinski definition) is 1. The second-order valence-electron chi connectivity index (χ2n) is 6.07. The molecule has 0 saturated carbocycles. The van der Waals surface area contributed by atoms with Crippen molar-refractivity contribution in [2.45, 2.75) is 32.4 Å². The van der Waals surface area contributed by atoms with Gasteiger partial charge in [0.1, 0.15) is 0 Å². The van der Waals surface area contributed by atoms with Crippen molar-refractivity contribution in [1.82, 2.24) is 15.1 Å². The predicted octanol–water partition coefficient (Wildman–Crippen LogP) is -3.42. The van der Waals surface area contributed by atoms with Gasteiger partial charge in [0.15, 0.2) is 0 Å². The van der Waals surface area contributed by atoms with E-state index in [2.05, 4.69) is 10.2 Å². The average molecular weight is 371 g/mol. The summed E-state index contributed by atoms with van der Waals surface area (Å²) in [7, 11) is 0. The predicted molar refractivity (Wildman–Crippen MR) is 85.2 cm³/mol. The molecule has 3 rings (SSSR count). The van der Waals surface area contributed by atoms with E-state index in [0.717, 1.165) is 5.69 Å². The number of hydrogen-bond acceptors (Lipinski definition) is 7. The van der Waals surface area contributed by atoms with Crippen molar-refractivity contribution in [3.8, 4) is 0 Å². The molecule has 1 saturated heterocycles.